The smallest absolute Gasteiger partial charge is 0.405 e. The number of hydrogen-bond acceptors (Lipinski definition) is 6. The molecule has 1 amide bonds. The molecule has 114 valence electrons. The molecule has 6 nitrogen and oxygen atoms in total. The van der Waals surface area contributed by atoms with E-state index in [1.165, 1.54) is 13.2 Å². The Kier molecular flexibility index (Phi) is 4.56. The number of nitrogens with one attached hydrogen (secondary N) is 1. The Morgan fingerprint density at radius 1 is 1.48 bits per heavy atom. The van der Waals surface area contributed by atoms with Gasteiger partial charge in [-0.05, 0) is 19.1 Å². The molecular formula is C11H10F3N3O3S. The molecule has 10 heteroatoms. The number of rotatable bonds is 5. The summed E-state index contributed by atoms with van der Waals surface area (Å²) in [6, 6.07) is 3.25. The highest BCUT2D eigenvalue weighted by Gasteiger charge is 2.29. The highest BCUT2D eigenvalue weighted by atomic mass is 32.2. The fraction of sp³-hybridized carbons (Fsp3) is 0.364. The molecule has 0 saturated carbocycles. The predicted molar refractivity (Wildman–Crippen MR) is 66.4 cm³/mol. The molecule has 1 atom stereocenters. The van der Waals surface area contributed by atoms with E-state index >= 15 is 0 Å². The molecule has 0 aliphatic rings. The van der Waals surface area contributed by atoms with Gasteiger partial charge >= 0.3 is 6.18 Å². The van der Waals surface area contributed by atoms with Crippen LogP contribution in [0.25, 0.3) is 11.7 Å². The Balaban J connectivity index is 1.91. The summed E-state index contributed by atoms with van der Waals surface area (Å²) in [5.74, 6) is -0.274. The maximum Gasteiger partial charge on any atom is 0.405 e. The lowest BCUT2D eigenvalue weighted by atomic mass is 10.4. The van der Waals surface area contributed by atoms with Gasteiger partial charge in [0, 0.05) is 0 Å². The lowest BCUT2D eigenvalue weighted by molar-refractivity contribution is -0.137. The van der Waals surface area contributed by atoms with Gasteiger partial charge in [0.05, 0.1) is 11.5 Å². The average Bonchev–Trinajstić information content (AvgIpc) is 3.04. The van der Waals surface area contributed by atoms with E-state index in [1.807, 2.05) is 0 Å². The maximum absolute atomic E-state index is 12.0. The van der Waals surface area contributed by atoms with Gasteiger partial charge in [-0.15, -0.1) is 10.2 Å². The monoisotopic (exact) mass is 321 g/mol. The molecule has 1 unspecified atom stereocenters. The summed E-state index contributed by atoms with van der Waals surface area (Å²) in [5, 5.41) is 8.44. The van der Waals surface area contributed by atoms with Crippen molar-refractivity contribution in [2.75, 3.05) is 6.54 Å². The molecule has 1 N–H and O–H groups in total. The summed E-state index contributed by atoms with van der Waals surface area (Å²) in [4.78, 5) is 11.5. The van der Waals surface area contributed by atoms with Crippen LogP contribution in [0.15, 0.2) is 32.5 Å². The number of aromatic nitrogens is 2. The zero-order valence-corrected chi connectivity index (χ0v) is 11.5. The summed E-state index contributed by atoms with van der Waals surface area (Å²) >= 11 is 0.859. The topological polar surface area (TPSA) is 81.2 Å². The standard InChI is InChI=1S/C11H10F3N3O3S/c1-6(8(18)15-5-11(12,13)14)21-10-17-16-9(20-10)7-3-2-4-19-7/h2-4,6H,5H2,1H3,(H,15,18). The van der Waals surface area contributed by atoms with Gasteiger partial charge in [-0.25, -0.2) is 0 Å². The number of alkyl halides is 3. The van der Waals surface area contributed by atoms with Crippen LogP contribution in [0.4, 0.5) is 13.2 Å². The van der Waals surface area contributed by atoms with Gasteiger partial charge in [0.15, 0.2) is 5.76 Å². The number of nitrogens with zero attached hydrogens (tertiary/aromatic N) is 2. The molecule has 0 radical (unpaired) electrons. The molecule has 2 aromatic heterocycles. The Morgan fingerprint density at radius 3 is 2.86 bits per heavy atom. The molecule has 0 fully saturated rings. The predicted octanol–water partition coefficient (Wildman–Crippen LogP) is 2.49. The fourth-order valence-corrected chi connectivity index (χ4v) is 2.00. The van der Waals surface area contributed by atoms with Crippen molar-refractivity contribution in [1.82, 2.24) is 15.5 Å². The molecule has 0 bridgehead atoms. The van der Waals surface area contributed by atoms with Crippen molar-refractivity contribution in [2.45, 2.75) is 23.6 Å². The van der Waals surface area contributed by atoms with Crippen LogP contribution in [0.2, 0.25) is 0 Å². The molecule has 21 heavy (non-hydrogen) atoms. The summed E-state index contributed by atoms with van der Waals surface area (Å²) in [6.07, 6.45) is -3.02. The zero-order chi connectivity index (χ0) is 15.5. The molecule has 2 heterocycles. The first-order valence-electron chi connectivity index (χ1n) is 5.73. The highest BCUT2D eigenvalue weighted by Crippen LogP contribution is 2.26. The maximum atomic E-state index is 12.0. The summed E-state index contributed by atoms with van der Waals surface area (Å²) in [5.41, 5.74) is 0. The number of carbonyl (C=O) groups excluding carboxylic acids is 1. The average molecular weight is 321 g/mol. The second-order valence-corrected chi connectivity index (χ2v) is 5.24. The van der Waals surface area contributed by atoms with Gasteiger partial charge in [-0.3, -0.25) is 4.79 Å². The van der Waals surface area contributed by atoms with Crippen LogP contribution < -0.4 is 5.32 Å². The SMILES string of the molecule is CC(Sc1nnc(-c2ccco2)o1)C(=O)NCC(F)(F)F. The van der Waals surface area contributed by atoms with E-state index in [4.69, 9.17) is 8.83 Å². The van der Waals surface area contributed by atoms with Crippen LogP contribution in [0.1, 0.15) is 6.92 Å². The third-order valence-corrected chi connectivity index (χ3v) is 3.18. The minimum absolute atomic E-state index is 0.0658. The lowest BCUT2D eigenvalue weighted by Crippen LogP contribution is -2.37. The third kappa shape index (κ3) is 4.52. The number of hydrogen-bond donors (Lipinski definition) is 1. The number of amides is 1. The largest absolute Gasteiger partial charge is 0.459 e. The van der Waals surface area contributed by atoms with Gasteiger partial charge in [0.2, 0.25) is 5.91 Å². The van der Waals surface area contributed by atoms with E-state index in [1.54, 1.807) is 17.4 Å². The van der Waals surface area contributed by atoms with Crippen molar-refractivity contribution in [3.63, 3.8) is 0 Å². The van der Waals surface area contributed by atoms with E-state index in [0.717, 1.165) is 11.8 Å². The van der Waals surface area contributed by atoms with Crippen LogP contribution in [0, 0.1) is 0 Å². The Hall–Kier alpha value is -1.97. The third-order valence-electron chi connectivity index (χ3n) is 2.25. The molecular weight excluding hydrogens is 311 g/mol. The van der Waals surface area contributed by atoms with Crippen molar-refractivity contribution in [3.8, 4) is 11.7 Å². The Bertz CT molecular complexity index is 597. The minimum Gasteiger partial charge on any atom is -0.459 e. The van der Waals surface area contributed by atoms with Crippen LogP contribution in [-0.4, -0.2) is 34.1 Å². The van der Waals surface area contributed by atoms with Crippen molar-refractivity contribution >= 4 is 17.7 Å². The molecule has 0 aliphatic heterocycles. The Labute approximate surface area is 121 Å². The fourth-order valence-electron chi connectivity index (χ4n) is 1.29. The normalized spacial score (nSPS) is 13.1. The van der Waals surface area contributed by atoms with Crippen LogP contribution >= 0.6 is 11.8 Å². The number of carbonyl (C=O) groups is 1. The molecule has 0 aliphatic carbocycles. The number of thioether (sulfide) groups is 1. The number of furan rings is 1. The Morgan fingerprint density at radius 2 is 2.24 bits per heavy atom. The van der Waals surface area contributed by atoms with E-state index < -0.39 is 23.9 Å². The van der Waals surface area contributed by atoms with Gasteiger partial charge in [0.1, 0.15) is 6.54 Å². The quantitative estimate of drug-likeness (QED) is 0.852. The lowest BCUT2D eigenvalue weighted by Gasteiger charge is -2.11. The first kappa shape index (κ1) is 15.4. The van der Waals surface area contributed by atoms with Gasteiger partial charge in [-0.1, -0.05) is 11.8 Å². The molecule has 0 aromatic carbocycles. The highest BCUT2D eigenvalue weighted by molar-refractivity contribution is 8.00. The van der Waals surface area contributed by atoms with Crippen molar-refractivity contribution in [3.05, 3.63) is 18.4 Å². The second kappa shape index (κ2) is 6.20. The van der Waals surface area contributed by atoms with Gasteiger partial charge in [-0.2, -0.15) is 13.2 Å². The van der Waals surface area contributed by atoms with Gasteiger partial charge in [0.25, 0.3) is 11.1 Å². The van der Waals surface area contributed by atoms with E-state index in [9.17, 15) is 18.0 Å². The molecule has 2 rings (SSSR count). The van der Waals surface area contributed by atoms with Crippen molar-refractivity contribution < 1.29 is 26.8 Å². The van der Waals surface area contributed by atoms with Crippen LogP contribution in [0.5, 0.6) is 0 Å². The summed E-state index contributed by atoms with van der Waals surface area (Å²) in [6.45, 7) is 0.0609. The zero-order valence-electron chi connectivity index (χ0n) is 10.7. The minimum atomic E-state index is -4.45. The first-order chi connectivity index (χ1) is 9.85. The molecule has 2 aromatic rings. The van der Waals surface area contributed by atoms with E-state index in [2.05, 4.69) is 10.2 Å². The van der Waals surface area contributed by atoms with Crippen molar-refractivity contribution in [1.29, 1.82) is 0 Å². The van der Waals surface area contributed by atoms with Crippen LogP contribution in [0.3, 0.4) is 0 Å². The van der Waals surface area contributed by atoms with E-state index in [-0.39, 0.29) is 11.1 Å². The van der Waals surface area contributed by atoms with Crippen LogP contribution in [-0.2, 0) is 4.79 Å². The van der Waals surface area contributed by atoms with Gasteiger partial charge < -0.3 is 14.2 Å². The summed E-state index contributed by atoms with van der Waals surface area (Å²) < 4.78 is 46.3. The molecule has 0 saturated heterocycles. The van der Waals surface area contributed by atoms with Crippen molar-refractivity contribution in [2.24, 2.45) is 0 Å². The molecule has 0 spiro atoms. The van der Waals surface area contributed by atoms with E-state index in [0.29, 0.717) is 5.76 Å². The number of halogens is 3. The first-order valence-corrected chi connectivity index (χ1v) is 6.61. The second-order valence-electron chi connectivity index (χ2n) is 3.94. The summed E-state index contributed by atoms with van der Waals surface area (Å²) in [7, 11) is 0.